The first-order chi connectivity index (χ1) is 8.93. The van der Waals surface area contributed by atoms with Crippen molar-refractivity contribution >= 4 is 11.9 Å². The van der Waals surface area contributed by atoms with Crippen molar-refractivity contribution in [2.24, 2.45) is 0 Å². The van der Waals surface area contributed by atoms with Gasteiger partial charge in [-0.3, -0.25) is 9.59 Å². The molecule has 1 aromatic rings. The highest BCUT2D eigenvalue weighted by Gasteiger charge is 2.14. The van der Waals surface area contributed by atoms with Crippen LogP contribution in [0.4, 0.5) is 4.39 Å². The molecule has 0 aliphatic carbocycles. The first-order valence-electron chi connectivity index (χ1n) is 5.72. The summed E-state index contributed by atoms with van der Waals surface area (Å²) in [6.45, 7) is 0.103. The molecule has 0 aromatic heterocycles. The van der Waals surface area contributed by atoms with Crippen molar-refractivity contribution in [3.63, 3.8) is 0 Å². The van der Waals surface area contributed by atoms with Gasteiger partial charge in [-0.15, -0.1) is 0 Å². The number of hydrogen-bond acceptors (Lipinski definition) is 3. The summed E-state index contributed by atoms with van der Waals surface area (Å²) in [5.41, 5.74) is 0.257. The van der Waals surface area contributed by atoms with Crippen molar-refractivity contribution in [2.45, 2.75) is 12.8 Å². The third kappa shape index (κ3) is 4.57. The van der Waals surface area contributed by atoms with Gasteiger partial charge in [0.05, 0.1) is 20.0 Å². The normalized spacial score (nSPS) is 10.1. The molecule has 0 spiro atoms. The van der Waals surface area contributed by atoms with E-state index in [1.165, 1.54) is 31.2 Å². The average Bonchev–Trinajstić information content (AvgIpc) is 2.37. The molecule has 0 bridgehead atoms. The van der Waals surface area contributed by atoms with Gasteiger partial charge in [-0.05, 0) is 11.6 Å². The molecule has 6 heteroatoms. The zero-order valence-electron chi connectivity index (χ0n) is 10.9. The van der Waals surface area contributed by atoms with Gasteiger partial charge in [0.2, 0.25) is 5.91 Å². The van der Waals surface area contributed by atoms with Crippen molar-refractivity contribution in [1.29, 1.82) is 0 Å². The molecule has 104 valence electrons. The van der Waals surface area contributed by atoms with Crippen LogP contribution in [0.1, 0.15) is 12.0 Å². The second-order valence-electron chi connectivity index (χ2n) is 4.09. The number of rotatable bonds is 6. The summed E-state index contributed by atoms with van der Waals surface area (Å²) in [7, 11) is 2.92. The minimum absolute atomic E-state index is 0.103. The molecule has 0 radical (unpaired) electrons. The van der Waals surface area contributed by atoms with Gasteiger partial charge in [0, 0.05) is 19.7 Å². The van der Waals surface area contributed by atoms with E-state index in [2.05, 4.69) is 0 Å². The van der Waals surface area contributed by atoms with E-state index in [0.29, 0.717) is 5.75 Å². The number of carbonyl (C=O) groups excluding carboxylic acids is 1. The van der Waals surface area contributed by atoms with Crippen molar-refractivity contribution in [1.82, 2.24) is 4.90 Å². The smallest absolute Gasteiger partial charge is 0.305 e. The van der Waals surface area contributed by atoms with E-state index in [-0.39, 0.29) is 30.9 Å². The number of carboxylic acid groups (broad SMARTS) is 1. The third-order valence-electron chi connectivity index (χ3n) is 2.69. The van der Waals surface area contributed by atoms with Crippen LogP contribution in [0.15, 0.2) is 18.2 Å². The monoisotopic (exact) mass is 269 g/mol. The number of benzene rings is 1. The van der Waals surface area contributed by atoms with Crippen molar-refractivity contribution in [2.75, 3.05) is 20.7 Å². The summed E-state index contributed by atoms with van der Waals surface area (Å²) in [4.78, 5) is 23.4. The number of aliphatic carboxylic acids is 1. The number of likely N-dealkylation sites (N-methyl/N-ethyl adjacent to an activating group) is 1. The lowest BCUT2D eigenvalue weighted by molar-refractivity contribution is -0.138. The number of carboxylic acids is 1. The van der Waals surface area contributed by atoms with Gasteiger partial charge in [-0.2, -0.15) is 0 Å². The SMILES string of the molecule is COc1ccc(CC(=O)N(C)CCC(=O)O)c(F)c1. The molecule has 1 rings (SSSR count). The molecular formula is C13H16FNO4. The van der Waals surface area contributed by atoms with Crippen LogP contribution in [0.2, 0.25) is 0 Å². The van der Waals surface area contributed by atoms with Crippen LogP contribution in [0.25, 0.3) is 0 Å². The molecule has 19 heavy (non-hydrogen) atoms. The number of halogens is 1. The lowest BCUT2D eigenvalue weighted by atomic mass is 10.1. The summed E-state index contributed by atoms with van der Waals surface area (Å²) in [5, 5.41) is 8.52. The molecule has 5 nitrogen and oxygen atoms in total. The van der Waals surface area contributed by atoms with Gasteiger partial charge in [-0.1, -0.05) is 6.07 Å². The number of hydrogen-bond donors (Lipinski definition) is 1. The molecule has 0 unspecified atom stereocenters. The van der Waals surface area contributed by atoms with Gasteiger partial charge >= 0.3 is 5.97 Å². The first kappa shape index (κ1) is 14.9. The van der Waals surface area contributed by atoms with E-state index in [0.717, 1.165) is 0 Å². The minimum Gasteiger partial charge on any atom is -0.497 e. The highest BCUT2D eigenvalue weighted by molar-refractivity contribution is 5.79. The topological polar surface area (TPSA) is 66.8 Å². The Morgan fingerprint density at radius 2 is 2.11 bits per heavy atom. The van der Waals surface area contributed by atoms with Crippen molar-refractivity contribution in [3.8, 4) is 5.75 Å². The zero-order chi connectivity index (χ0) is 14.4. The molecule has 0 aliphatic heterocycles. The summed E-state index contributed by atoms with van der Waals surface area (Å²) in [6, 6.07) is 4.26. The quantitative estimate of drug-likeness (QED) is 0.845. The minimum atomic E-state index is -0.977. The summed E-state index contributed by atoms with van der Waals surface area (Å²) in [5.74, 6) is -1.44. The molecule has 0 atom stereocenters. The van der Waals surface area contributed by atoms with Crippen LogP contribution in [0.3, 0.4) is 0 Å². The lowest BCUT2D eigenvalue weighted by Crippen LogP contribution is -2.30. The molecule has 0 aliphatic rings. The van der Waals surface area contributed by atoms with E-state index in [1.807, 2.05) is 0 Å². The van der Waals surface area contributed by atoms with Crippen LogP contribution in [-0.4, -0.2) is 42.6 Å². The summed E-state index contributed by atoms with van der Waals surface area (Å²) >= 11 is 0. The average molecular weight is 269 g/mol. The number of nitrogens with zero attached hydrogens (tertiary/aromatic N) is 1. The first-order valence-corrected chi connectivity index (χ1v) is 5.72. The standard InChI is InChI=1S/C13H16FNO4/c1-15(6-5-13(17)18)12(16)7-9-3-4-10(19-2)8-11(9)14/h3-4,8H,5-7H2,1-2H3,(H,17,18). The second-order valence-corrected chi connectivity index (χ2v) is 4.09. The maximum Gasteiger partial charge on any atom is 0.305 e. The number of amides is 1. The Hall–Kier alpha value is -2.11. The highest BCUT2D eigenvalue weighted by Crippen LogP contribution is 2.17. The zero-order valence-corrected chi connectivity index (χ0v) is 10.9. The Morgan fingerprint density at radius 1 is 1.42 bits per heavy atom. The van der Waals surface area contributed by atoms with Crippen LogP contribution >= 0.6 is 0 Å². The highest BCUT2D eigenvalue weighted by atomic mass is 19.1. The molecule has 0 heterocycles. The predicted molar refractivity (Wildman–Crippen MR) is 66.5 cm³/mol. The molecular weight excluding hydrogens is 253 g/mol. The van der Waals surface area contributed by atoms with E-state index < -0.39 is 11.8 Å². The number of methoxy groups -OCH3 is 1. The fourth-order valence-corrected chi connectivity index (χ4v) is 1.48. The Kier molecular flexibility index (Phi) is 5.29. The van der Waals surface area contributed by atoms with Gasteiger partial charge in [0.1, 0.15) is 11.6 Å². The van der Waals surface area contributed by atoms with E-state index in [1.54, 1.807) is 6.07 Å². The predicted octanol–water partition coefficient (Wildman–Crippen LogP) is 1.31. The second kappa shape index (κ2) is 6.72. The molecule has 0 saturated heterocycles. The molecule has 1 amide bonds. The summed E-state index contributed by atoms with van der Waals surface area (Å²) < 4.78 is 18.5. The van der Waals surface area contributed by atoms with Crippen LogP contribution in [-0.2, 0) is 16.0 Å². The lowest BCUT2D eigenvalue weighted by Gasteiger charge is -2.16. The van der Waals surface area contributed by atoms with Crippen molar-refractivity contribution < 1.29 is 23.8 Å². The number of carbonyl (C=O) groups is 2. The third-order valence-corrected chi connectivity index (χ3v) is 2.69. The maximum absolute atomic E-state index is 13.6. The Bertz CT molecular complexity index is 476. The van der Waals surface area contributed by atoms with Crippen LogP contribution in [0.5, 0.6) is 5.75 Å². The van der Waals surface area contributed by atoms with Gasteiger partial charge in [0.25, 0.3) is 0 Å². The van der Waals surface area contributed by atoms with Gasteiger partial charge < -0.3 is 14.7 Å². The fraction of sp³-hybridized carbons (Fsp3) is 0.385. The summed E-state index contributed by atoms with van der Waals surface area (Å²) in [6.07, 6.45) is -0.237. The van der Waals surface area contributed by atoms with E-state index in [9.17, 15) is 14.0 Å². The maximum atomic E-state index is 13.6. The van der Waals surface area contributed by atoms with E-state index in [4.69, 9.17) is 9.84 Å². The molecule has 0 fully saturated rings. The molecule has 0 saturated carbocycles. The number of ether oxygens (including phenoxy) is 1. The molecule has 1 aromatic carbocycles. The van der Waals surface area contributed by atoms with Gasteiger partial charge in [-0.25, -0.2) is 4.39 Å². The largest absolute Gasteiger partial charge is 0.497 e. The van der Waals surface area contributed by atoms with Crippen LogP contribution in [0, 0.1) is 5.82 Å². The molecule has 1 N–H and O–H groups in total. The van der Waals surface area contributed by atoms with Gasteiger partial charge in [0.15, 0.2) is 0 Å². The van der Waals surface area contributed by atoms with E-state index >= 15 is 0 Å². The van der Waals surface area contributed by atoms with Crippen LogP contribution < -0.4 is 4.74 Å². The Labute approximate surface area is 110 Å². The Morgan fingerprint density at radius 3 is 2.63 bits per heavy atom. The van der Waals surface area contributed by atoms with Crippen molar-refractivity contribution in [3.05, 3.63) is 29.6 Å². The fourth-order valence-electron chi connectivity index (χ4n) is 1.48. The Balaban J connectivity index is 2.63.